The summed E-state index contributed by atoms with van der Waals surface area (Å²) in [6.45, 7) is 3.09. The van der Waals surface area contributed by atoms with Crippen LogP contribution in [0.15, 0.2) is 49.1 Å². The van der Waals surface area contributed by atoms with E-state index in [0.717, 1.165) is 12.1 Å². The molecule has 0 aliphatic carbocycles. The molecule has 1 N–H and O–H groups in total. The molecule has 0 aliphatic rings. The van der Waals surface area contributed by atoms with Crippen LogP contribution < -0.4 is 10.1 Å². The molecule has 6 heteroatoms. The molecule has 2 aromatic carbocycles. The smallest absolute Gasteiger partial charge is 0.247 e. The van der Waals surface area contributed by atoms with Gasteiger partial charge in [0.25, 0.3) is 0 Å². The lowest BCUT2D eigenvalue weighted by molar-refractivity contribution is -0.111. The molecule has 0 aromatic heterocycles. The first-order chi connectivity index (χ1) is 10.5. The Kier molecular flexibility index (Phi) is 5.12. The Hall–Kier alpha value is -2.40. The number of ether oxygens (including phenoxy) is 1. The van der Waals surface area contributed by atoms with Crippen LogP contribution in [0, 0.1) is 11.6 Å². The molecule has 0 aliphatic heterocycles. The summed E-state index contributed by atoms with van der Waals surface area (Å²) >= 11 is 5.86. The van der Waals surface area contributed by atoms with Crippen molar-refractivity contribution in [2.75, 3.05) is 5.32 Å². The van der Waals surface area contributed by atoms with E-state index >= 15 is 0 Å². The highest BCUT2D eigenvalue weighted by Gasteiger charge is 2.10. The zero-order valence-corrected chi connectivity index (χ0v) is 12.2. The maximum absolute atomic E-state index is 13.9. The quantitative estimate of drug-likeness (QED) is 0.832. The summed E-state index contributed by atoms with van der Waals surface area (Å²) in [4.78, 5) is 11.1. The van der Waals surface area contributed by atoms with Crippen LogP contribution in [0.3, 0.4) is 0 Å². The van der Waals surface area contributed by atoms with Crippen molar-refractivity contribution in [3.05, 3.63) is 71.3 Å². The first-order valence-electron chi connectivity index (χ1n) is 6.30. The largest absolute Gasteiger partial charge is 0.486 e. The minimum absolute atomic E-state index is 0.0732. The fourth-order valence-corrected chi connectivity index (χ4v) is 1.93. The Morgan fingerprint density at radius 2 is 2.05 bits per heavy atom. The zero-order chi connectivity index (χ0) is 16.1. The molecule has 0 bridgehead atoms. The van der Waals surface area contributed by atoms with E-state index in [0.29, 0.717) is 0 Å². The van der Waals surface area contributed by atoms with Crippen LogP contribution in [0.25, 0.3) is 0 Å². The fraction of sp³-hybridized carbons (Fsp3) is 0.0625. The molecule has 0 fully saturated rings. The minimum Gasteiger partial charge on any atom is -0.486 e. The summed E-state index contributed by atoms with van der Waals surface area (Å²) in [7, 11) is 0. The van der Waals surface area contributed by atoms with Crippen LogP contribution in [0.1, 0.15) is 5.56 Å². The SMILES string of the molecule is C=CC(=O)Nc1ccc(OCc2c(F)cccc2Cl)c(F)c1. The van der Waals surface area contributed by atoms with Crippen LogP contribution in [-0.4, -0.2) is 5.91 Å². The molecule has 22 heavy (non-hydrogen) atoms. The molecule has 0 unspecified atom stereocenters. The first-order valence-corrected chi connectivity index (χ1v) is 6.67. The van der Waals surface area contributed by atoms with E-state index in [4.69, 9.17) is 16.3 Å². The first kappa shape index (κ1) is 16.0. The van der Waals surface area contributed by atoms with Crippen molar-refractivity contribution < 1.29 is 18.3 Å². The third-order valence-electron chi connectivity index (χ3n) is 2.82. The van der Waals surface area contributed by atoms with E-state index in [1.54, 1.807) is 0 Å². The molecule has 0 radical (unpaired) electrons. The van der Waals surface area contributed by atoms with E-state index in [-0.39, 0.29) is 28.6 Å². The molecule has 0 saturated heterocycles. The number of hydrogen-bond donors (Lipinski definition) is 1. The number of nitrogens with one attached hydrogen (secondary N) is 1. The number of amides is 1. The van der Waals surface area contributed by atoms with Crippen molar-refractivity contribution in [2.24, 2.45) is 0 Å². The Morgan fingerprint density at radius 3 is 2.68 bits per heavy atom. The number of carbonyl (C=O) groups is 1. The molecule has 0 spiro atoms. The lowest BCUT2D eigenvalue weighted by Crippen LogP contribution is -2.08. The zero-order valence-electron chi connectivity index (χ0n) is 11.4. The summed E-state index contributed by atoms with van der Waals surface area (Å²) in [6.07, 6.45) is 1.07. The highest BCUT2D eigenvalue weighted by molar-refractivity contribution is 6.31. The molecule has 2 aromatic rings. The normalized spacial score (nSPS) is 10.1. The fourth-order valence-electron chi connectivity index (χ4n) is 1.71. The van der Waals surface area contributed by atoms with Gasteiger partial charge in [0.05, 0.1) is 5.02 Å². The highest BCUT2D eigenvalue weighted by Crippen LogP contribution is 2.25. The van der Waals surface area contributed by atoms with Gasteiger partial charge in [-0.2, -0.15) is 0 Å². The summed E-state index contributed by atoms with van der Waals surface area (Å²) in [6, 6.07) is 8.13. The maximum Gasteiger partial charge on any atom is 0.247 e. The third kappa shape index (κ3) is 3.83. The lowest BCUT2D eigenvalue weighted by Gasteiger charge is -2.10. The molecule has 0 atom stereocenters. The van der Waals surface area contributed by atoms with Gasteiger partial charge in [0, 0.05) is 17.3 Å². The van der Waals surface area contributed by atoms with Crippen LogP contribution in [0.2, 0.25) is 5.02 Å². The Morgan fingerprint density at radius 1 is 1.27 bits per heavy atom. The Labute approximate surface area is 131 Å². The topological polar surface area (TPSA) is 38.3 Å². The standard InChI is InChI=1S/C16H12ClF2NO2/c1-2-16(21)20-10-6-7-15(14(19)8-10)22-9-11-12(17)4-3-5-13(11)18/h2-8H,1,9H2,(H,20,21). The van der Waals surface area contributed by atoms with Crippen molar-refractivity contribution in [1.29, 1.82) is 0 Å². The molecule has 0 saturated carbocycles. The second-order valence-electron chi connectivity index (χ2n) is 4.33. The molecule has 114 valence electrons. The predicted octanol–water partition coefficient (Wildman–Crippen LogP) is 4.32. The highest BCUT2D eigenvalue weighted by atomic mass is 35.5. The van der Waals surface area contributed by atoms with Gasteiger partial charge in [-0.15, -0.1) is 0 Å². The van der Waals surface area contributed by atoms with Crippen LogP contribution >= 0.6 is 11.6 Å². The summed E-state index contributed by atoms with van der Waals surface area (Å²) in [5, 5.41) is 2.62. The summed E-state index contributed by atoms with van der Waals surface area (Å²) in [5.41, 5.74) is 0.409. The molecule has 0 heterocycles. The second-order valence-corrected chi connectivity index (χ2v) is 4.73. The molecular weight excluding hydrogens is 312 g/mol. The van der Waals surface area contributed by atoms with Gasteiger partial charge in [-0.3, -0.25) is 4.79 Å². The number of rotatable bonds is 5. The second kappa shape index (κ2) is 7.04. The average Bonchev–Trinajstić information content (AvgIpc) is 2.48. The third-order valence-corrected chi connectivity index (χ3v) is 3.17. The van der Waals surface area contributed by atoms with E-state index < -0.39 is 17.5 Å². The molecule has 3 nitrogen and oxygen atoms in total. The van der Waals surface area contributed by atoms with Crippen molar-refractivity contribution >= 4 is 23.2 Å². The van der Waals surface area contributed by atoms with Crippen LogP contribution in [0.5, 0.6) is 5.75 Å². The van der Waals surface area contributed by atoms with E-state index in [1.165, 1.54) is 30.3 Å². The van der Waals surface area contributed by atoms with Gasteiger partial charge in [0.15, 0.2) is 11.6 Å². The number of anilines is 1. The van der Waals surface area contributed by atoms with Crippen molar-refractivity contribution in [3.63, 3.8) is 0 Å². The van der Waals surface area contributed by atoms with Crippen molar-refractivity contribution in [2.45, 2.75) is 6.61 Å². The van der Waals surface area contributed by atoms with Gasteiger partial charge in [-0.1, -0.05) is 24.2 Å². The van der Waals surface area contributed by atoms with Gasteiger partial charge < -0.3 is 10.1 Å². The average molecular weight is 324 g/mol. The van der Waals surface area contributed by atoms with Gasteiger partial charge in [0.1, 0.15) is 12.4 Å². The number of carbonyl (C=O) groups excluding carboxylic acids is 1. The van der Waals surface area contributed by atoms with Gasteiger partial charge in [0.2, 0.25) is 5.91 Å². The van der Waals surface area contributed by atoms with Crippen molar-refractivity contribution in [1.82, 2.24) is 0 Å². The summed E-state index contributed by atoms with van der Waals surface area (Å²) in [5.74, 6) is -1.74. The lowest BCUT2D eigenvalue weighted by atomic mass is 10.2. The number of hydrogen-bond acceptors (Lipinski definition) is 2. The van der Waals surface area contributed by atoms with Crippen LogP contribution in [0.4, 0.5) is 14.5 Å². The van der Waals surface area contributed by atoms with Crippen molar-refractivity contribution in [3.8, 4) is 5.75 Å². The minimum atomic E-state index is -0.686. The number of benzene rings is 2. The van der Waals surface area contributed by atoms with E-state index in [9.17, 15) is 13.6 Å². The number of halogens is 3. The Bertz CT molecular complexity index is 699. The predicted molar refractivity (Wildman–Crippen MR) is 81.0 cm³/mol. The Balaban J connectivity index is 2.10. The molecular formula is C16H12ClF2NO2. The molecule has 1 amide bonds. The van der Waals surface area contributed by atoms with E-state index in [2.05, 4.69) is 11.9 Å². The molecule has 2 rings (SSSR count). The van der Waals surface area contributed by atoms with Crippen LogP contribution in [-0.2, 0) is 11.4 Å². The monoisotopic (exact) mass is 323 g/mol. The summed E-state index contributed by atoms with van der Waals surface area (Å²) < 4.78 is 32.7. The van der Waals surface area contributed by atoms with Gasteiger partial charge in [-0.05, 0) is 30.3 Å². The van der Waals surface area contributed by atoms with E-state index in [1.807, 2.05) is 0 Å². The maximum atomic E-state index is 13.9. The van der Waals surface area contributed by atoms with Gasteiger partial charge >= 0.3 is 0 Å². The van der Waals surface area contributed by atoms with Gasteiger partial charge in [-0.25, -0.2) is 8.78 Å².